The number of thioether (sulfide) groups is 1. The number of nitrogens with one attached hydrogen (secondary N) is 1. The van der Waals surface area contributed by atoms with Gasteiger partial charge in [-0.2, -0.15) is 11.8 Å². The zero-order chi connectivity index (χ0) is 12.0. The number of hydrogen-bond acceptors (Lipinski definition) is 3. The van der Waals surface area contributed by atoms with Crippen LogP contribution in [0.25, 0.3) is 0 Å². The van der Waals surface area contributed by atoms with E-state index in [0.29, 0.717) is 5.25 Å². The van der Waals surface area contributed by atoms with Gasteiger partial charge in [0.1, 0.15) is 5.54 Å². The van der Waals surface area contributed by atoms with Crippen LogP contribution in [0.1, 0.15) is 45.4 Å². The summed E-state index contributed by atoms with van der Waals surface area (Å²) in [4.78, 5) is 11.2. The summed E-state index contributed by atoms with van der Waals surface area (Å²) in [6.07, 6.45) is 6.37. The molecule has 3 nitrogen and oxygen atoms in total. The van der Waals surface area contributed by atoms with Crippen LogP contribution < -0.4 is 5.32 Å². The van der Waals surface area contributed by atoms with Crippen molar-refractivity contribution in [2.75, 3.05) is 12.8 Å². The Kier molecular flexibility index (Phi) is 5.62. The molecule has 4 heteroatoms. The molecule has 0 radical (unpaired) electrons. The minimum absolute atomic E-state index is 0.528. The topological polar surface area (TPSA) is 49.3 Å². The van der Waals surface area contributed by atoms with E-state index < -0.39 is 11.5 Å². The molecule has 0 amide bonds. The maximum absolute atomic E-state index is 11.2. The second-order valence-electron chi connectivity index (χ2n) is 4.58. The highest BCUT2D eigenvalue weighted by Gasteiger charge is 2.44. The number of carboxylic acids is 1. The summed E-state index contributed by atoms with van der Waals surface area (Å²) in [6.45, 7) is 2.21. The average Bonchev–Trinajstić information content (AvgIpc) is 2.69. The molecule has 0 saturated heterocycles. The van der Waals surface area contributed by atoms with Gasteiger partial charge in [-0.3, -0.25) is 4.79 Å². The third-order valence-corrected chi connectivity index (χ3v) is 4.86. The Morgan fingerprint density at radius 3 is 2.81 bits per heavy atom. The fourth-order valence-electron chi connectivity index (χ4n) is 2.27. The number of likely N-dealkylation sites (N-methyl/N-ethyl adjacent to an activating group) is 1. The van der Waals surface area contributed by atoms with E-state index in [0.717, 1.165) is 19.3 Å². The van der Waals surface area contributed by atoms with Crippen LogP contribution in [0, 0.1) is 0 Å². The minimum Gasteiger partial charge on any atom is -0.480 e. The van der Waals surface area contributed by atoms with Gasteiger partial charge >= 0.3 is 5.97 Å². The Bertz CT molecular complexity index is 235. The fourth-order valence-corrected chi connectivity index (χ4v) is 3.66. The molecule has 0 aromatic rings. The van der Waals surface area contributed by atoms with Crippen molar-refractivity contribution in [2.45, 2.75) is 56.2 Å². The lowest BCUT2D eigenvalue weighted by Crippen LogP contribution is -2.48. The SMILES string of the molecule is CCCCCSC1CCC(NC)(C(=O)O)C1. The van der Waals surface area contributed by atoms with E-state index in [-0.39, 0.29) is 0 Å². The Hall–Kier alpha value is -0.220. The zero-order valence-corrected chi connectivity index (χ0v) is 11.1. The first kappa shape index (κ1) is 13.8. The van der Waals surface area contributed by atoms with Crippen molar-refractivity contribution >= 4 is 17.7 Å². The number of carboxylic acid groups (broad SMARTS) is 1. The summed E-state index contributed by atoms with van der Waals surface area (Å²) in [5, 5.41) is 12.7. The van der Waals surface area contributed by atoms with E-state index in [1.165, 1.54) is 25.0 Å². The van der Waals surface area contributed by atoms with E-state index in [9.17, 15) is 9.90 Å². The lowest BCUT2D eigenvalue weighted by Gasteiger charge is -2.23. The summed E-state index contributed by atoms with van der Waals surface area (Å²) in [6, 6.07) is 0. The predicted octanol–water partition coefficient (Wildman–Crippen LogP) is 2.51. The van der Waals surface area contributed by atoms with Crippen LogP contribution in [0.4, 0.5) is 0 Å². The van der Waals surface area contributed by atoms with Gasteiger partial charge in [-0.15, -0.1) is 0 Å². The van der Waals surface area contributed by atoms with Gasteiger partial charge in [0.25, 0.3) is 0 Å². The smallest absolute Gasteiger partial charge is 0.323 e. The monoisotopic (exact) mass is 245 g/mol. The molecular weight excluding hydrogens is 222 g/mol. The van der Waals surface area contributed by atoms with E-state index >= 15 is 0 Å². The highest BCUT2D eigenvalue weighted by atomic mass is 32.2. The standard InChI is InChI=1S/C12H23NO2S/c1-3-4-5-8-16-10-6-7-12(9-10,13-2)11(14)15/h10,13H,3-9H2,1-2H3,(H,14,15). The molecular formula is C12H23NO2S. The minimum atomic E-state index is -0.688. The second kappa shape index (κ2) is 6.50. The van der Waals surface area contributed by atoms with Crippen LogP contribution in [0.3, 0.4) is 0 Å². The van der Waals surface area contributed by atoms with Crippen molar-refractivity contribution in [1.29, 1.82) is 0 Å². The number of aliphatic carboxylic acids is 1. The molecule has 0 spiro atoms. The van der Waals surface area contributed by atoms with Gasteiger partial charge in [-0.25, -0.2) is 0 Å². The molecule has 1 saturated carbocycles. The fraction of sp³-hybridized carbons (Fsp3) is 0.917. The van der Waals surface area contributed by atoms with Gasteiger partial charge in [0.05, 0.1) is 0 Å². The van der Waals surface area contributed by atoms with Gasteiger partial charge < -0.3 is 10.4 Å². The van der Waals surface area contributed by atoms with Crippen LogP contribution in [-0.2, 0) is 4.79 Å². The molecule has 0 heterocycles. The molecule has 0 aromatic heterocycles. The van der Waals surface area contributed by atoms with E-state index in [1.807, 2.05) is 11.8 Å². The Morgan fingerprint density at radius 1 is 1.56 bits per heavy atom. The molecule has 0 bridgehead atoms. The van der Waals surface area contributed by atoms with Gasteiger partial charge in [-0.05, 0) is 38.5 Å². The van der Waals surface area contributed by atoms with Crippen molar-refractivity contribution in [3.05, 3.63) is 0 Å². The summed E-state index contributed by atoms with van der Waals surface area (Å²) >= 11 is 1.96. The molecule has 2 N–H and O–H groups in total. The van der Waals surface area contributed by atoms with Crippen LogP contribution in [-0.4, -0.2) is 34.7 Å². The van der Waals surface area contributed by atoms with Crippen LogP contribution in [0.15, 0.2) is 0 Å². The average molecular weight is 245 g/mol. The molecule has 16 heavy (non-hydrogen) atoms. The van der Waals surface area contributed by atoms with Crippen LogP contribution in [0.5, 0.6) is 0 Å². The highest BCUT2D eigenvalue weighted by Crippen LogP contribution is 2.37. The normalized spacial score (nSPS) is 29.5. The maximum Gasteiger partial charge on any atom is 0.323 e. The summed E-state index contributed by atoms with van der Waals surface area (Å²) in [7, 11) is 1.76. The number of hydrogen-bond donors (Lipinski definition) is 2. The first-order chi connectivity index (χ1) is 7.64. The largest absolute Gasteiger partial charge is 0.480 e. The van der Waals surface area contributed by atoms with Crippen molar-refractivity contribution in [3.8, 4) is 0 Å². The van der Waals surface area contributed by atoms with Crippen molar-refractivity contribution in [3.63, 3.8) is 0 Å². The van der Waals surface area contributed by atoms with E-state index in [4.69, 9.17) is 0 Å². The Balaban J connectivity index is 2.31. The van der Waals surface area contributed by atoms with Gasteiger partial charge in [0.2, 0.25) is 0 Å². The van der Waals surface area contributed by atoms with Crippen LogP contribution >= 0.6 is 11.8 Å². The molecule has 2 atom stereocenters. The third-order valence-electron chi connectivity index (χ3n) is 3.46. The molecule has 0 aliphatic heterocycles. The van der Waals surface area contributed by atoms with Gasteiger partial charge in [0.15, 0.2) is 0 Å². The lowest BCUT2D eigenvalue weighted by atomic mass is 9.99. The van der Waals surface area contributed by atoms with Crippen molar-refractivity contribution in [2.24, 2.45) is 0 Å². The summed E-state index contributed by atoms with van der Waals surface area (Å²) in [5.41, 5.74) is -0.650. The van der Waals surface area contributed by atoms with Gasteiger partial charge in [-0.1, -0.05) is 19.8 Å². The molecule has 2 unspecified atom stereocenters. The lowest BCUT2D eigenvalue weighted by molar-refractivity contribution is -0.144. The molecule has 1 aliphatic rings. The summed E-state index contributed by atoms with van der Waals surface area (Å²) in [5.74, 6) is 0.490. The molecule has 1 fully saturated rings. The number of rotatable bonds is 7. The van der Waals surface area contributed by atoms with Crippen molar-refractivity contribution < 1.29 is 9.90 Å². The molecule has 1 aliphatic carbocycles. The van der Waals surface area contributed by atoms with E-state index in [1.54, 1.807) is 7.05 Å². The second-order valence-corrected chi connectivity index (χ2v) is 5.99. The predicted molar refractivity (Wildman–Crippen MR) is 69.0 cm³/mol. The Morgan fingerprint density at radius 2 is 2.31 bits per heavy atom. The third kappa shape index (κ3) is 3.39. The quantitative estimate of drug-likeness (QED) is 0.677. The van der Waals surface area contributed by atoms with Gasteiger partial charge in [0, 0.05) is 5.25 Å². The maximum atomic E-state index is 11.2. The zero-order valence-electron chi connectivity index (χ0n) is 10.3. The molecule has 1 rings (SSSR count). The molecule has 94 valence electrons. The van der Waals surface area contributed by atoms with E-state index in [2.05, 4.69) is 12.2 Å². The first-order valence-electron chi connectivity index (χ1n) is 6.18. The Labute approximate surface area is 102 Å². The highest BCUT2D eigenvalue weighted by molar-refractivity contribution is 7.99. The summed E-state index contributed by atoms with van der Waals surface area (Å²) < 4.78 is 0. The first-order valence-corrected chi connectivity index (χ1v) is 7.23. The number of unbranched alkanes of at least 4 members (excludes halogenated alkanes) is 2. The van der Waals surface area contributed by atoms with Crippen LogP contribution in [0.2, 0.25) is 0 Å². The molecule has 0 aromatic carbocycles. The van der Waals surface area contributed by atoms with Crippen molar-refractivity contribution in [1.82, 2.24) is 5.32 Å². The number of carbonyl (C=O) groups is 1.